The molecule has 0 spiro atoms. The molecule has 96 valence electrons. The van der Waals surface area contributed by atoms with Crippen molar-refractivity contribution in [2.24, 2.45) is 7.05 Å². The predicted octanol–water partition coefficient (Wildman–Crippen LogP) is 2.16. The number of carboxylic acids is 1. The molecule has 5 nitrogen and oxygen atoms in total. The maximum Gasteiger partial charge on any atom is 0.328 e. The monoisotopic (exact) mass is 247 g/mol. The van der Waals surface area contributed by atoms with Crippen molar-refractivity contribution in [3.05, 3.63) is 24.0 Å². The summed E-state index contributed by atoms with van der Waals surface area (Å²) < 4.78 is 2.00. The summed E-state index contributed by atoms with van der Waals surface area (Å²) in [5.74, 6) is 0.0412. The van der Waals surface area contributed by atoms with Gasteiger partial charge in [0, 0.05) is 12.7 Å². The lowest BCUT2D eigenvalue weighted by Crippen LogP contribution is -2.39. The molecule has 18 heavy (non-hydrogen) atoms. The van der Waals surface area contributed by atoms with Crippen molar-refractivity contribution in [3.63, 3.8) is 0 Å². The highest BCUT2D eigenvalue weighted by molar-refractivity contribution is 5.84. The number of hydrogen-bond acceptors (Lipinski definition) is 3. The van der Waals surface area contributed by atoms with E-state index in [0.29, 0.717) is 0 Å². The van der Waals surface area contributed by atoms with E-state index in [2.05, 4.69) is 10.3 Å². The van der Waals surface area contributed by atoms with Gasteiger partial charge in [-0.05, 0) is 39.0 Å². The van der Waals surface area contributed by atoms with Gasteiger partial charge in [-0.25, -0.2) is 9.78 Å². The predicted molar refractivity (Wildman–Crippen MR) is 70.8 cm³/mol. The lowest BCUT2D eigenvalue weighted by molar-refractivity contribution is -0.141. The van der Waals surface area contributed by atoms with Gasteiger partial charge in [0.2, 0.25) is 0 Å². The highest BCUT2D eigenvalue weighted by Crippen LogP contribution is 2.22. The van der Waals surface area contributed by atoms with Crippen LogP contribution in [0.1, 0.15) is 19.7 Å². The van der Waals surface area contributed by atoms with E-state index < -0.39 is 11.5 Å². The molecule has 1 aromatic carbocycles. The fourth-order valence-corrected chi connectivity index (χ4v) is 1.81. The van der Waals surface area contributed by atoms with Crippen LogP contribution in [0.3, 0.4) is 0 Å². The van der Waals surface area contributed by atoms with Crippen LogP contribution in [0.4, 0.5) is 5.69 Å². The number of nitrogens with zero attached hydrogens (tertiary/aromatic N) is 2. The van der Waals surface area contributed by atoms with Gasteiger partial charge in [-0.2, -0.15) is 0 Å². The summed E-state index contributed by atoms with van der Waals surface area (Å²) in [4.78, 5) is 15.5. The van der Waals surface area contributed by atoms with Gasteiger partial charge >= 0.3 is 5.97 Å². The third-order valence-corrected chi connectivity index (χ3v) is 3.10. The number of imidazole rings is 1. The summed E-state index contributed by atoms with van der Waals surface area (Å²) in [7, 11) is 1.96. The van der Waals surface area contributed by atoms with E-state index in [1.54, 1.807) is 13.8 Å². The molecular weight excluding hydrogens is 230 g/mol. The number of benzene rings is 1. The quantitative estimate of drug-likeness (QED) is 0.872. The van der Waals surface area contributed by atoms with Crippen LogP contribution in [-0.4, -0.2) is 26.2 Å². The van der Waals surface area contributed by atoms with Crippen LogP contribution in [0, 0.1) is 6.92 Å². The van der Waals surface area contributed by atoms with Crippen molar-refractivity contribution in [2.45, 2.75) is 26.3 Å². The zero-order valence-corrected chi connectivity index (χ0v) is 11.0. The van der Waals surface area contributed by atoms with E-state index in [4.69, 9.17) is 5.11 Å². The third kappa shape index (κ3) is 2.03. The average molecular weight is 247 g/mol. The maximum absolute atomic E-state index is 11.1. The molecule has 1 aromatic heterocycles. The molecule has 0 aliphatic rings. The second-order valence-electron chi connectivity index (χ2n) is 4.98. The second kappa shape index (κ2) is 4.01. The Balaban J connectivity index is 2.39. The topological polar surface area (TPSA) is 67.2 Å². The minimum Gasteiger partial charge on any atom is -0.480 e. The lowest BCUT2D eigenvalue weighted by atomic mass is 10.1. The molecule has 0 saturated carbocycles. The van der Waals surface area contributed by atoms with Gasteiger partial charge in [0.1, 0.15) is 11.4 Å². The number of nitrogens with one attached hydrogen (secondary N) is 1. The first kappa shape index (κ1) is 12.4. The molecule has 0 bridgehead atoms. The summed E-state index contributed by atoms with van der Waals surface area (Å²) in [6.07, 6.45) is 0. The zero-order chi connectivity index (χ0) is 13.5. The van der Waals surface area contributed by atoms with Crippen LogP contribution >= 0.6 is 0 Å². The molecule has 5 heteroatoms. The highest BCUT2D eigenvalue weighted by atomic mass is 16.4. The van der Waals surface area contributed by atoms with E-state index in [1.165, 1.54) is 0 Å². The number of aromatic nitrogens is 2. The van der Waals surface area contributed by atoms with Crippen molar-refractivity contribution in [2.75, 3.05) is 5.32 Å². The Morgan fingerprint density at radius 3 is 2.72 bits per heavy atom. The molecule has 0 aliphatic heterocycles. The fourth-order valence-electron chi connectivity index (χ4n) is 1.81. The smallest absolute Gasteiger partial charge is 0.328 e. The highest BCUT2D eigenvalue weighted by Gasteiger charge is 2.26. The number of aliphatic carboxylic acids is 1. The normalized spacial score (nSPS) is 11.8. The van der Waals surface area contributed by atoms with Crippen LogP contribution < -0.4 is 5.32 Å². The summed E-state index contributed by atoms with van der Waals surface area (Å²) in [6.45, 7) is 5.20. The number of anilines is 1. The summed E-state index contributed by atoms with van der Waals surface area (Å²) in [5, 5.41) is 12.1. The maximum atomic E-state index is 11.1. The molecule has 0 amide bonds. The average Bonchev–Trinajstić information content (AvgIpc) is 2.53. The Labute approximate surface area is 105 Å². The summed E-state index contributed by atoms with van der Waals surface area (Å²) in [6, 6.07) is 5.68. The van der Waals surface area contributed by atoms with E-state index in [9.17, 15) is 4.79 Å². The Hall–Kier alpha value is -2.04. The Morgan fingerprint density at radius 1 is 1.44 bits per heavy atom. The molecule has 0 atom stereocenters. The number of carboxylic acid groups (broad SMARTS) is 1. The van der Waals surface area contributed by atoms with Gasteiger partial charge in [0.05, 0.1) is 11.0 Å². The zero-order valence-electron chi connectivity index (χ0n) is 11.0. The van der Waals surface area contributed by atoms with Crippen LogP contribution in [-0.2, 0) is 11.8 Å². The van der Waals surface area contributed by atoms with Crippen LogP contribution in [0.25, 0.3) is 11.0 Å². The van der Waals surface area contributed by atoms with Crippen molar-refractivity contribution >= 4 is 22.7 Å². The fraction of sp³-hybridized carbons (Fsp3) is 0.385. The molecule has 0 fully saturated rings. The first-order chi connectivity index (χ1) is 8.31. The molecule has 1 heterocycles. The van der Waals surface area contributed by atoms with Gasteiger partial charge in [0.25, 0.3) is 0 Å². The van der Waals surface area contributed by atoms with Crippen LogP contribution in [0.5, 0.6) is 0 Å². The number of rotatable bonds is 3. The van der Waals surface area contributed by atoms with Gasteiger partial charge in [-0.3, -0.25) is 0 Å². The van der Waals surface area contributed by atoms with Gasteiger partial charge in [-0.15, -0.1) is 0 Å². The van der Waals surface area contributed by atoms with Crippen molar-refractivity contribution in [1.82, 2.24) is 9.55 Å². The second-order valence-corrected chi connectivity index (χ2v) is 4.98. The molecule has 0 unspecified atom stereocenters. The first-order valence-electron chi connectivity index (χ1n) is 5.76. The lowest BCUT2D eigenvalue weighted by Gasteiger charge is -2.22. The molecule has 0 saturated heterocycles. The third-order valence-electron chi connectivity index (χ3n) is 3.10. The van der Waals surface area contributed by atoms with Crippen molar-refractivity contribution in [3.8, 4) is 0 Å². The Bertz CT molecular complexity index is 614. The number of fused-ring (bicyclic) bond motifs is 1. The summed E-state index contributed by atoms with van der Waals surface area (Å²) >= 11 is 0. The van der Waals surface area contributed by atoms with E-state index in [-0.39, 0.29) is 0 Å². The molecular formula is C13H17N3O2. The minimum absolute atomic E-state index is 0.757. The molecule has 2 rings (SSSR count). The molecule has 0 aliphatic carbocycles. The molecule has 2 aromatic rings. The summed E-state index contributed by atoms with van der Waals surface area (Å²) in [5.41, 5.74) is 1.65. The van der Waals surface area contributed by atoms with E-state index in [1.807, 2.05) is 36.7 Å². The first-order valence-corrected chi connectivity index (χ1v) is 5.76. The van der Waals surface area contributed by atoms with E-state index >= 15 is 0 Å². The van der Waals surface area contributed by atoms with E-state index in [0.717, 1.165) is 22.5 Å². The largest absolute Gasteiger partial charge is 0.480 e. The number of aryl methyl sites for hydroxylation is 2. The number of hydrogen-bond donors (Lipinski definition) is 2. The Morgan fingerprint density at radius 2 is 2.11 bits per heavy atom. The van der Waals surface area contributed by atoms with Gasteiger partial charge < -0.3 is 15.0 Å². The minimum atomic E-state index is -1.00. The van der Waals surface area contributed by atoms with Crippen molar-refractivity contribution < 1.29 is 9.90 Å². The number of carbonyl (C=O) groups is 1. The standard InChI is InChI=1S/C13H17N3O2/c1-8-14-10-7-9(5-6-11(10)16(8)4)15-13(2,3)12(17)18/h5-7,15H,1-4H3,(H,17,18). The Kier molecular flexibility index (Phi) is 2.77. The van der Waals surface area contributed by atoms with Crippen LogP contribution in [0.15, 0.2) is 18.2 Å². The molecule has 2 N–H and O–H groups in total. The SMILES string of the molecule is Cc1nc2cc(NC(C)(C)C(=O)O)ccc2n1C. The van der Waals surface area contributed by atoms with Gasteiger partial charge in [0.15, 0.2) is 0 Å². The molecule has 0 radical (unpaired) electrons. The van der Waals surface area contributed by atoms with Gasteiger partial charge in [-0.1, -0.05) is 0 Å². The van der Waals surface area contributed by atoms with Crippen LogP contribution in [0.2, 0.25) is 0 Å². The van der Waals surface area contributed by atoms with Crippen molar-refractivity contribution in [1.29, 1.82) is 0 Å².